The fraction of sp³-hybridized carbons (Fsp3) is 0.778. The van der Waals surface area contributed by atoms with Gasteiger partial charge in [0.05, 0.1) is 11.6 Å². The lowest BCUT2D eigenvalue weighted by Crippen LogP contribution is -2.19. The van der Waals surface area contributed by atoms with Crippen molar-refractivity contribution in [3.8, 4) is 0 Å². The van der Waals surface area contributed by atoms with E-state index in [0.29, 0.717) is 11.6 Å². The molecule has 0 atom stereocenters. The summed E-state index contributed by atoms with van der Waals surface area (Å²) in [7, 11) is 0. The van der Waals surface area contributed by atoms with Gasteiger partial charge < -0.3 is 0 Å². The summed E-state index contributed by atoms with van der Waals surface area (Å²) >= 11 is 5.70. The molecule has 0 aliphatic heterocycles. The van der Waals surface area contributed by atoms with Gasteiger partial charge in [-0.05, 0) is 12.8 Å². The molecule has 2 rings (SSSR count). The summed E-state index contributed by atoms with van der Waals surface area (Å²) < 4.78 is 25.9. The first-order valence-corrected chi connectivity index (χ1v) is 5.52. The van der Waals surface area contributed by atoms with Gasteiger partial charge in [-0.25, -0.2) is 13.5 Å². The average Bonchev–Trinajstić information content (AvgIpc) is 2.45. The first-order valence-electron chi connectivity index (χ1n) is 4.98. The van der Waals surface area contributed by atoms with Crippen molar-refractivity contribution in [2.75, 3.05) is 0 Å². The Balaban J connectivity index is 2.24. The minimum Gasteiger partial charge on any atom is -0.243 e. The summed E-state index contributed by atoms with van der Waals surface area (Å²) in [4.78, 5) is 0. The van der Waals surface area contributed by atoms with Crippen molar-refractivity contribution < 1.29 is 8.78 Å². The predicted molar refractivity (Wildman–Crippen MR) is 52.2 cm³/mol. The number of alkyl halides is 3. The smallest absolute Gasteiger partial charge is 0.243 e. The second kappa shape index (κ2) is 4.43. The minimum atomic E-state index is -2.39. The number of nitrogens with zero attached hydrogens (tertiary/aromatic N) is 3. The van der Waals surface area contributed by atoms with Gasteiger partial charge >= 0.3 is 0 Å². The molecule has 0 amide bonds. The largest absolute Gasteiger partial charge is 0.257 e. The summed E-state index contributed by atoms with van der Waals surface area (Å²) in [6, 6.07) is 0. The zero-order valence-corrected chi connectivity index (χ0v) is 8.92. The van der Waals surface area contributed by atoms with Crippen molar-refractivity contribution in [3.05, 3.63) is 11.4 Å². The van der Waals surface area contributed by atoms with Gasteiger partial charge in [-0.3, -0.25) is 0 Å². The predicted octanol–water partition coefficient (Wildman–Crippen LogP) is 2.55. The standard InChI is InChI=1S/C9H12ClF2N3/c10-4-7-9(6-2-1-3-6)15(14-13-7)5-8(11)12/h6,8H,1-5H2. The van der Waals surface area contributed by atoms with Crippen molar-refractivity contribution in [2.45, 2.75) is 44.0 Å². The molecule has 1 saturated carbocycles. The SMILES string of the molecule is FC(F)Cn1nnc(CCl)c1C1CCC1. The lowest BCUT2D eigenvalue weighted by Gasteiger charge is -2.26. The summed E-state index contributed by atoms with van der Waals surface area (Å²) in [6.45, 7) is -0.379. The molecule has 1 aromatic rings. The van der Waals surface area contributed by atoms with E-state index in [-0.39, 0.29) is 12.4 Å². The molecule has 1 aromatic heterocycles. The van der Waals surface area contributed by atoms with Crippen molar-refractivity contribution in [1.82, 2.24) is 15.0 Å². The molecule has 0 unspecified atom stereocenters. The van der Waals surface area contributed by atoms with Crippen LogP contribution in [0.3, 0.4) is 0 Å². The zero-order valence-electron chi connectivity index (χ0n) is 8.17. The van der Waals surface area contributed by atoms with Gasteiger partial charge in [-0.2, -0.15) is 0 Å². The number of halogens is 3. The molecular formula is C9H12ClF2N3. The van der Waals surface area contributed by atoms with Gasteiger partial charge in [-0.15, -0.1) is 16.7 Å². The van der Waals surface area contributed by atoms with Crippen LogP contribution >= 0.6 is 11.6 Å². The van der Waals surface area contributed by atoms with Crippen LogP contribution in [0.1, 0.15) is 36.6 Å². The van der Waals surface area contributed by atoms with Crippen molar-refractivity contribution in [2.24, 2.45) is 0 Å². The molecule has 6 heteroatoms. The van der Waals surface area contributed by atoms with Crippen LogP contribution < -0.4 is 0 Å². The first kappa shape index (κ1) is 10.8. The molecule has 1 aliphatic carbocycles. The molecule has 0 saturated heterocycles. The Hall–Kier alpha value is -0.710. The molecule has 0 spiro atoms. The van der Waals surface area contributed by atoms with Gasteiger partial charge in [0.25, 0.3) is 6.43 Å². The Morgan fingerprint density at radius 1 is 1.47 bits per heavy atom. The Morgan fingerprint density at radius 3 is 2.67 bits per heavy atom. The summed E-state index contributed by atoms with van der Waals surface area (Å²) in [6.07, 6.45) is 0.807. The van der Waals surface area contributed by atoms with Crippen LogP contribution in [0.15, 0.2) is 0 Å². The van der Waals surface area contributed by atoms with Crippen LogP contribution in [-0.2, 0) is 12.4 Å². The van der Waals surface area contributed by atoms with E-state index >= 15 is 0 Å². The number of rotatable bonds is 4. The summed E-state index contributed by atoms with van der Waals surface area (Å²) in [5, 5.41) is 7.57. The zero-order chi connectivity index (χ0) is 10.8. The van der Waals surface area contributed by atoms with E-state index in [0.717, 1.165) is 25.0 Å². The third-order valence-corrected chi connectivity index (χ3v) is 3.03. The van der Waals surface area contributed by atoms with Gasteiger partial charge in [0.1, 0.15) is 12.2 Å². The maximum atomic E-state index is 12.3. The van der Waals surface area contributed by atoms with E-state index in [1.165, 1.54) is 4.68 Å². The quantitative estimate of drug-likeness (QED) is 0.751. The highest BCUT2D eigenvalue weighted by Crippen LogP contribution is 2.37. The van der Waals surface area contributed by atoms with E-state index in [2.05, 4.69) is 10.3 Å². The highest BCUT2D eigenvalue weighted by molar-refractivity contribution is 6.16. The normalized spacial score (nSPS) is 17.1. The number of hydrogen-bond acceptors (Lipinski definition) is 2. The van der Waals surface area contributed by atoms with Crippen LogP contribution in [0.5, 0.6) is 0 Å². The van der Waals surface area contributed by atoms with E-state index in [9.17, 15) is 8.78 Å². The molecule has 0 aromatic carbocycles. The summed E-state index contributed by atoms with van der Waals surface area (Å²) in [5.74, 6) is 0.571. The van der Waals surface area contributed by atoms with Crippen LogP contribution in [-0.4, -0.2) is 21.4 Å². The maximum Gasteiger partial charge on any atom is 0.257 e. The van der Waals surface area contributed by atoms with E-state index in [1.807, 2.05) is 0 Å². The molecule has 3 nitrogen and oxygen atoms in total. The molecular weight excluding hydrogens is 224 g/mol. The molecule has 0 radical (unpaired) electrons. The second-order valence-electron chi connectivity index (χ2n) is 3.76. The highest BCUT2D eigenvalue weighted by atomic mass is 35.5. The molecule has 1 fully saturated rings. The van der Waals surface area contributed by atoms with Crippen molar-refractivity contribution in [1.29, 1.82) is 0 Å². The Bertz CT molecular complexity index is 336. The van der Waals surface area contributed by atoms with Crippen LogP contribution in [0.2, 0.25) is 0 Å². The van der Waals surface area contributed by atoms with Gasteiger partial charge in [0.2, 0.25) is 0 Å². The van der Waals surface area contributed by atoms with E-state index < -0.39 is 6.43 Å². The molecule has 1 aliphatic rings. The van der Waals surface area contributed by atoms with E-state index in [4.69, 9.17) is 11.6 Å². The highest BCUT2D eigenvalue weighted by Gasteiger charge is 2.28. The third-order valence-electron chi connectivity index (χ3n) is 2.78. The van der Waals surface area contributed by atoms with Crippen molar-refractivity contribution in [3.63, 3.8) is 0 Å². The fourth-order valence-corrected chi connectivity index (χ4v) is 2.04. The fourth-order valence-electron chi connectivity index (χ4n) is 1.85. The van der Waals surface area contributed by atoms with E-state index in [1.54, 1.807) is 0 Å². The van der Waals surface area contributed by atoms with Gasteiger partial charge in [0, 0.05) is 5.92 Å². The monoisotopic (exact) mass is 235 g/mol. The Kier molecular flexibility index (Phi) is 3.19. The first-order chi connectivity index (χ1) is 7.22. The molecule has 84 valence electrons. The van der Waals surface area contributed by atoms with Gasteiger partial charge in [0.15, 0.2) is 0 Å². The number of aromatic nitrogens is 3. The van der Waals surface area contributed by atoms with Crippen LogP contribution in [0, 0.1) is 0 Å². The molecule has 15 heavy (non-hydrogen) atoms. The molecule has 0 bridgehead atoms. The number of hydrogen-bond donors (Lipinski definition) is 0. The average molecular weight is 236 g/mol. The molecule has 1 heterocycles. The maximum absolute atomic E-state index is 12.3. The lowest BCUT2D eigenvalue weighted by molar-refractivity contribution is 0.118. The van der Waals surface area contributed by atoms with Crippen LogP contribution in [0.25, 0.3) is 0 Å². The Morgan fingerprint density at radius 2 is 2.20 bits per heavy atom. The third kappa shape index (κ3) is 2.12. The van der Waals surface area contributed by atoms with Gasteiger partial charge in [-0.1, -0.05) is 11.6 Å². The van der Waals surface area contributed by atoms with Crippen LogP contribution in [0.4, 0.5) is 8.78 Å². The van der Waals surface area contributed by atoms with Crippen molar-refractivity contribution >= 4 is 11.6 Å². The lowest BCUT2D eigenvalue weighted by atomic mass is 9.82. The summed E-state index contributed by atoms with van der Waals surface area (Å²) in [5.41, 5.74) is 1.47. The Labute approximate surface area is 91.4 Å². The topological polar surface area (TPSA) is 30.7 Å². The molecule has 0 N–H and O–H groups in total. The minimum absolute atomic E-state index is 0.245. The second-order valence-corrected chi connectivity index (χ2v) is 4.02.